The largest absolute Gasteiger partial charge is 0.398 e. The summed E-state index contributed by atoms with van der Waals surface area (Å²) in [6, 6.07) is 8.52. The van der Waals surface area contributed by atoms with Gasteiger partial charge in [-0.05, 0) is 18.6 Å². The van der Waals surface area contributed by atoms with E-state index in [1.165, 1.54) is 5.56 Å². The molecule has 1 saturated heterocycles. The van der Waals surface area contributed by atoms with Crippen LogP contribution in [0.25, 0.3) is 0 Å². The van der Waals surface area contributed by atoms with Gasteiger partial charge in [0.15, 0.2) is 0 Å². The molecule has 1 aromatic rings. The fraction of sp³-hybridized carbons (Fsp3) is 0.400. The second-order valence-electron chi connectivity index (χ2n) is 3.55. The minimum atomic E-state index is 0.449. The number of anilines is 1. The molecule has 0 amide bonds. The van der Waals surface area contributed by atoms with E-state index in [4.69, 9.17) is 5.73 Å². The Labute approximate surface area is 78.3 Å². The van der Waals surface area contributed by atoms with Crippen LogP contribution in [0.2, 0.25) is 0 Å². The number of rotatable bonds is 1. The van der Waals surface area contributed by atoms with Crippen molar-refractivity contribution in [3.8, 4) is 0 Å². The van der Waals surface area contributed by atoms with E-state index in [0.717, 1.165) is 12.2 Å². The van der Waals surface area contributed by atoms with E-state index >= 15 is 0 Å². The molecule has 1 aromatic carbocycles. The maximum absolute atomic E-state index is 5.91. The second kappa shape index (κ2) is 3.36. The molecule has 2 rings (SSSR count). The van der Waals surface area contributed by atoms with Crippen LogP contribution >= 0.6 is 0 Å². The lowest BCUT2D eigenvalue weighted by Gasteiger charge is -2.15. The maximum Gasteiger partial charge on any atom is 0.0350 e. The quantitative estimate of drug-likeness (QED) is 0.557. The summed E-state index contributed by atoms with van der Waals surface area (Å²) in [5, 5.41) is 0. The molecule has 1 fully saturated rings. The lowest BCUT2D eigenvalue weighted by molar-refractivity contribution is 0.570. The zero-order valence-corrected chi connectivity index (χ0v) is 7.75. The number of hydrazine groups is 1. The third-order valence-corrected chi connectivity index (χ3v) is 2.65. The third kappa shape index (κ3) is 1.53. The first-order chi connectivity index (χ1) is 6.29. The Hall–Kier alpha value is -1.06. The van der Waals surface area contributed by atoms with Crippen molar-refractivity contribution < 1.29 is 0 Å². The summed E-state index contributed by atoms with van der Waals surface area (Å²) in [6.07, 6.45) is 0. The summed E-state index contributed by atoms with van der Waals surface area (Å²) in [5.74, 6) is 0.487. The monoisotopic (exact) mass is 177 g/mol. The van der Waals surface area contributed by atoms with Crippen LogP contribution in [-0.2, 0) is 0 Å². The predicted molar refractivity (Wildman–Crippen MR) is 54.2 cm³/mol. The third-order valence-electron chi connectivity index (χ3n) is 2.65. The van der Waals surface area contributed by atoms with Crippen LogP contribution in [0.1, 0.15) is 18.4 Å². The van der Waals surface area contributed by atoms with Crippen LogP contribution in [0.5, 0.6) is 0 Å². The molecule has 1 aliphatic heterocycles. The highest BCUT2D eigenvalue weighted by molar-refractivity contribution is 5.49. The molecule has 1 heterocycles. The number of hydrogen-bond donors (Lipinski definition) is 3. The molecule has 3 heteroatoms. The van der Waals surface area contributed by atoms with Gasteiger partial charge >= 0.3 is 0 Å². The Balaban J connectivity index is 2.29. The summed E-state index contributed by atoms with van der Waals surface area (Å²) in [4.78, 5) is 0. The normalized spacial score (nSPS) is 27.8. The van der Waals surface area contributed by atoms with Crippen molar-refractivity contribution in [3.05, 3.63) is 29.8 Å². The van der Waals surface area contributed by atoms with E-state index in [1.807, 2.05) is 18.2 Å². The summed E-state index contributed by atoms with van der Waals surface area (Å²) < 4.78 is 0. The lowest BCUT2D eigenvalue weighted by Crippen LogP contribution is -2.28. The van der Waals surface area contributed by atoms with Gasteiger partial charge in [-0.3, -0.25) is 10.9 Å². The van der Waals surface area contributed by atoms with E-state index in [-0.39, 0.29) is 0 Å². The zero-order chi connectivity index (χ0) is 9.26. The minimum absolute atomic E-state index is 0.449. The van der Waals surface area contributed by atoms with Crippen molar-refractivity contribution in [2.75, 3.05) is 12.3 Å². The van der Waals surface area contributed by atoms with E-state index in [1.54, 1.807) is 0 Å². The van der Waals surface area contributed by atoms with E-state index in [2.05, 4.69) is 23.8 Å². The number of nitrogens with one attached hydrogen (secondary N) is 2. The summed E-state index contributed by atoms with van der Waals surface area (Å²) in [7, 11) is 0. The van der Waals surface area contributed by atoms with Crippen molar-refractivity contribution in [2.45, 2.75) is 18.9 Å². The molecule has 1 aliphatic rings. The highest BCUT2D eigenvalue weighted by Crippen LogP contribution is 2.26. The van der Waals surface area contributed by atoms with Crippen LogP contribution in [0.15, 0.2) is 24.3 Å². The molecule has 0 aromatic heterocycles. The topological polar surface area (TPSA) is 50.1 Å². The fourth-order valence-corrected chi connectivity index (χ4v) is 1.84. The van der Waals surface area contributed by atoms with E-state index < -0.39 is 0 Å². The molecular weight excluding hydrogens is 162 g/mol. The van der Waals surface area contributed by atoms with Crippen molar-refractivity contribution >= 4 is 5.69 Å². The zero-order valence-electron chi connectivity index (χ0n) is 7.75. The van der Waals surface area contributed by atoms with Crippen LogP contribution in [0.4, 0.5) is 5.69 Å². The number of benzene rings is 1. The van der Waals surface area contributed by atoms with Gasteiger partial charge < -0.3 is 5.73 Å². The van der Waals surface area contributed by atoms with Crippen LogP contribution < -0.4 is 16.6 Å². The molecule has 3 nitrogen and oxygen atoms in total. The van der Waals surface area contributed by atoms with Crippen LogP contribution in [0, 0.1) is 0 Å². The van der Waals surface area contributed by atoms with Gasteiger partial charge in [-0.1, -0.05) is 18.2 Å². The number of para-hydroxylation sites is 1. The highest BCUT2D eigenvalue weighted by atomic mass is 15.4. The highest BCUT2D eigenvalue weighted by Gasteiger charge is 2.25. The molecule has 2 unspecified atom stereocenters. The van der Waals surface area contributed by atoms with Crippen molar-refractivity contribution in [1.82, 2.24) is 10.9 Å². The maximum atomic E-state index is 5.91. The average molecular weight is 177 g/mol. The smallest absolute Gasteiger partial charge is 0.0350 e. The minimum Gasteiger partial charge on any atom is -0.398 e. The first kappa shape index (κ1) is 8.53. The van der Waals surface area contributed by atoms with Crippen molar-refractivity contribution in [3.63, 3.8) is 0 Å². The first-order valence-electron chi connectivity index (χ1n) is 4.62. The van der Waals surface area contributed by atoms with Gasteiger partial charge in [0.25, 0.3) is 0 Å². The van der Waals surface area contributed by atoms with Gasteiger partial charge in [-0.15, -0.1) is 0 Å². The number of nitrogens with two attached hydrogens (primary N) is 1. The summed E-state index contributed by atoms with van der Waals surface area (Å²) >= 11 is 0. The average Bonchev–Trinajstić information content (AvgIpc) is 2.52. The molecule has 4 N–H and O–H groups in total. The van der Waals surface area contributed by atoms with Gasteiger partial charge in [0.1, 0.15) is 0 Å². The Morgan fingerprint density at radius 1 is 1.38 bits per heavy atom. The number of nitrogen functional groups attached to an aromatic ring is 1. The molecular formula is C10H15N3. The van der Waals surface area contributed by atoms with Crippen molar-refractivity contribution in [2.24, 2.45) is 0 Å². The Morgan fingerprint density at radius 2 is 2.15 bits per heavy atom. The standard InChI is InChI=1S/C10H15N3/c1-7-9(6-12-13-7)8-4-2-3-5-10(8)11/h2-5,7,9,12-13H,6,11H2,1H3. The SMILES string of the molecule is CC1NNCC1c1ccccc1N. The molecule has 2 atom stereocenters. The summed E-state index contributed by atoms with van der Waals surface area (Å²) in [6.45, 7) is 3.12. The van der Waals surface area contributed by atoms with Gasteiger partial charge in [0, 0.05) is 24.2 Å². The van der Waals surface area contributed by atoms with Crippen LogP contribution in [0.3, 0.4) is 0 Å². The second-order valence-corrected chi connectivity index (χ2v) is 3.55. The Morgan fingerprint density at radius 3 is 2.77 bits per heavy atom. The van der Waals surface area contributed by atoms with Crippen LogP contribution in [-0.4, -0.2) is 12.6 Å². The molecule has 0 radical (unpaired) electrons. The predicted octanol–water partition coefficient (Wildman–Crippen LogP) is 0.849. The molecule has 70 valence electrons. The number of hydrogen-bond acceptors (Lipinski definition) is 3. The lowest BCUT2D eigenvalue weighted by atomic mass is 9.93. The fourth-order valence-electron chi connectivity index (χ4n) is 1.84. The van der Waals surface area contributed by atoms with Crippen molar-refractivity contribution in [1.29, 1.82) is 0 Å². The molecule has 0 bridgehead atoms. The van der Waals surface area contributed by atoms with Gasteiger partial charge in [-0.25, -0.2) is 0 Å². The Bertz CT molecular complexity index is 298. The molecule has 13 heavy (non-hydrogen) atoms. The molecule has 0 spiro atoms. The van der Waals surface area contributed by atoms with E-state index in [0.29, 0.717) is 12.0 Å². The van der Waals surface area contributed by atoms with E-state index in [9.17, 15) is 0 Å². The van der Waals surface area contributed by atoms with Gasteiger partial charge in [0.2, 0.25) is 0 Å². The molecule has 0 aliphatic carbocycles. The van der Waals surface area contributed by atoms with Gasteiger partial charge in [0.05, 0.1) is 0 Å². The Kier molecular flexibility index (Phi) is 2.20. The first-order valence-corrected chi connectivity index (χ1v) is 4.62. The molecule has 0 saturated carbocycles. The summed E-state index contributed by atoms with van der Waals surface area (Å²) in [5.41, 5.74) is 14.4. The van der Waals surface area contributed by atoms with Gasteiger partial charge in [-0.2, -0.15) is 0 Å².